The lowest BCUT2D eigenvalue weighted by molar-refractivity contribution is 0.459. The summed E-state index contributed by atoms with van der Waals surface area (Å²) in [5.74, 6) is 1.37. The molecule has 4 heterocycles. The van der Waals surface area contributed by atoms with Gasteiger partial charge in [0.05, 0.1) is 23.1 Å². The molecule has 1 atom stereocenters. The van der Waals surface area contributed by atoms with E-state index in [9.17, 15) is 4.39 Å². The normalized spacial score (nSPS) is 15.1. The predicted octanol–water partition coefficient (Wildman–Crippen LogP) is 5.72. The number of hydrogen-bond acceptors (Lipinski definition) is 4. The maximum Gasteiger partial charge on any atom is 0.223 e. The Hall–Kier alpha value is -4.00. The van der Waals surface area contributed by atoms with Crippen LogP contribution in [0, 0.1) is 5.82 Å². The molecule has 0 aliphatic carbocycles. The Kier molecular flexibility index (Phi) is 5.09. The van der Waals surface area contributed by atoms with Gasteiger partial charge in [0.1, 0.15) is 11.6 Å². The number of hydrogen-bond donors (Lipinski definition) is 1. The van der Waals surface area contributed by atoms with Gasteiger partial charge in [0.2, 0.25) is 5.95 Å². The van der Waals surface area contributed by atoms with E-state index in [0.717, 1.165) is 54.4 Å². The molecular formula is C27H25FN6. The number of rotatable bonds is 6. The van der Waals surface area contributed by atoms with Gasteiger partial charge in [-0.05, 0) is 61.2 Å². The van der Waals surface area contributed by atoms with Crippen LogP contribution in [0.3, 0.4) is 0 Å². The average Bonchev–Trinajstić information content (AvgIpc) is 3.55. The fourth-order valence-corrected chi connectivity index (χ4v) is 4.96. The first kappa shape index (κ1) is 20.6. The van der Waals surface area contributed by atoms with E-state index in [4.69, 9.17) is 9.97 Å². The zero-order valence-electron chi connectivity index (χ0n) is 18.9. The molecule has 0 fully saturated rings. The molecule has 1 aliphatic rings. The molecule has 6 nitrogen and oxygen atoms in total. The summed E-state index contributed by atoms with van der Waals surface area (Å²) < 4.78 is 18.3. The third-order valence-corrected chi connectivity index (χ3v) is 6.49. The SMILES string of the molecule is CCNc1nccc(-c2c(-c3ccc(F)cc3)nc3n2C(Cn2ccc4ccccc42)CC3)n1. The lowest BCUT2D eigenvalue weighted by Crippen LogP contribution is -2.14. The fourth-order valence-electron chi connectivity index (χ4n) is 4.96. The highest BCUT2D eigenvalue weighted by atomic mass is 19.1. The molecule has 0 saturated heterocycles. The molecule has 2 aromatic carbocycles. The van der Waals surface area contributed by atoms with Gasteiger partial charge in [-0.2, -0.15) is 0 Å². The van der Waals surface area contributed by atoms with Crippen LogP contribution in [0.2, 0.25) is 0 Å². The standard InChI is InChI=1S/C27H25FN6/c1-2-29-27-30-15-13-22(31-27)26-25(19-7-9-20(28)10-8-19)32-24-12-11-21(34(24)26)17-33-16-14-18-5-3-4-6-23(18)33/h3-10,13-16,21H,2,11-12,17H2,1H3,(H,29,30,31). The van der Waals surface area contributed by atoms with E-state index in [2.05, 4.69) is 56.0 Å². The monoisotopic (exact) mass is 452 g/mol. The van der Waals surface area contributed by atoms with Crippen molar-refractivity contribution in [2.75, 3.05) is 11.9 Å². The number of aryl methyl sites for hydroxylation is 1. The second-order valence-electron chi connectivity index (χ2n) is 8.62. The van der Waals surface area contributed by atoms with Crippen LogP contribution in [-0.2, 0) is 13.0 Å². The van der Waals surface area contributed by atoms with Crippen LogP contribution in [-0.4, -0.2) is 30.6 Å². The molecule has 7 heteroatoms. The Labute approximate surface area is 197 Å². The highest BCUT2D eigenvalue weighted by Crippen LogP contribution is 2.40. The molecule has 0 radical (unpaired) electrons. The van der Waals surface area contributed by atoms with Crippen LogP contribution >= 0.6 is 0 Å². The Balaban J connectivity index is 1.48. The van der Waals surface area contributed by atoms with Crippen molar-refractivity contribution in [1.29, 1.82) is 0 Å². The van der Waals surface area contributed by atoms with E-state index in [0.29, 0.717) is 5.95 Å². The maximum absolute atomic E-state index is 13.7. The summed E-state index contributed by atoms with van der Waals surface area (Å²) >= 11 is 0. The molecule has 1 N–H and O–H groups in total. The van der Waals surface area contributed by atoms with Crippen LogP contribution in [0.15, 0.2) is 73.1 Å². The molecule has 1 aliphatic heterocycles. The zero-order chi connectivity index (χ0) is 23.1. The van der Waals surface area contributed by atoms with Crippen molar-refractivity contribution in [3.63, 3.8) is 0 Å². The van der Waals surface area contributed by atoms with E-state index >= 15 is 0 Å². The summed E-state index contributed by atoms with van der Waals surface area (Å²) in [7, 11) is 0. The molecule has 34 heavy (non-hydrogen) atoms. The number of fused-ring (bicyclic) bond motifs is 2. The van der Waals surface area contributed by atoms with E-state index in [1.54, 1.807) is 18.3 Å². The Morgan fingerprint density at radius 3 is 2.74 bits per heavy atom. The van der Waals surface area contributed by atoms with Gasteiger partial charge in [-0.1, -0.05) is 18.2 Å². The van der Waals surface area contributed by atoms with Crippen molar-refractivity contribution >= 4 is 16.9 Å². The lowest BCUT2D eigenvalue weighted by Gasteiger charge is -2.19. The van der Waals surface area contributed by atoms with Crippen molar-refractivity contribution in [3.8, 4) is 22.6 Å². The topological polar surface area (TPSA) is 60.6 Å². The van der Waals surface area contributed by atoms with Crippen molar-refractivity contribution < 1.29 is 4.39 Å². The van der Waals surface area contributed by atoms with Gasteiger partial charge in [-0.15, -0.1) is 0 Å². The molecule has 170 valence electrons. The summed E-state index contributed by atoms with van der Waals surface area (Å²) in [5.41, 5.74) is 4.72. The second-order valence-corrected chi connectivity index (χ2v) is 8.62. The van der Waals surface area contributed by atoms with E-state index < -0.39 is 0 Å². The van der Waals surface area contributed by atoms with Crippen LogP contribution in [0.25, 0.3) is 33.5 Å². The molecule has 0 bridgehead atoms. The number of nitrogens with one attached hydrogen (secondary N) is 1. The number of aromatic nitrogens is 5. The third-order valence-electron chi connectivity index (χ3n) is 6.49. The molecule has 5 aromatic rings. The van der Waals surface area contributed by atoms with Crippen molar-refractivity contribution in [2.45, 2.75) is 32.4 Å². The first-order valence-corrected chi connectivity index (χ1v) is 11.7. The molecule has 1 unspecified atom stereocenters. The molecular weight excluding hydrogens is 427 g/mol. The lowest BCUT2D eigenvalue weighted by atomic mass is 10.1. The van der Waals surface area contributed by atoms with Crippen LogP contribution in [0.5, 0.6) is 0 Å². The van der Waals surface area contributed by atoms with Gasteiger partial charge in [0, 0.05) is 43.0 Å². The van der Waals surface area contributed by atoms with Crippen LogP contribution < -0.4 is 5.32 Å². The summed E-state index contributed by atoms with van der Waals surface area (Å²) in [6, 6.07) is 19.3. The van der Waals surface area contributed by atoms with Crippen molar-refractivity contribution in [2.24, 2.45) is 0 Å². The quantitative estimate of drug-likeness (QED) is 0.358. The first-order chi connectivity index (χ1) is 16.7. The average molecular weight is 453 g/mol. The minimum Gasteiger partial charge on any atom is -0.354 e. The van der Waals surface area contributed by atoms with Crippen LogP contribution in [0.4, 0.5) is 10.3 Å². The zero-order valence-corrected chi connectivity index (χ0v) is 18.9. The third kappa shape index (κ3) is 3.53. The largest absolute Gasteiger partial charge is 0.354 e. The fraction of sp³-hybridized carbons (Fsp3) is 0.222. The van der Waals surface area contributed by atoms with E-state index in [1.807, 2.05) is 13.0 Å². The minimum atomic E-state index is -0.258. The Morgan fingerprint density at radius 1 is 1.03 bits per heavy atom. The van der Waals surface area contributed by atoms with Gasteiger partial charge in [0.25, 0.3) is 0 Å². The van der Waals surface area contributed by atoms with Gasteiger partial charge in [-0.25, -0.2) is 19.3 Å². The Bertz CT molecular complexity index is 1470. The highest BCUT2D eigenvalue weighted by molar-refractivity contribution is 5.80. The first-order valence-electron chi connectivity index (χ1n) is 11.7. The minimum absolute atomic E-state index is 0.236. The summed E-state index contributed by atoms with van der Waals surface area (Å²) in [4.78, 5) is 14.2. The number of para-hydroxylation sites is 1. The van der Waals surface area contributed by atoms with E-state index in [1.165, 1.54) is 23.0 Å². The molecule has 3 aromatic heterocycles. The summed E-state index contributed by atoms with van der Waals surface area (Å²) in [5, 5.41) is 4.45. The number of anilines is 1. The van der Waals surface area contributed by atoms with Crippen LogP contribution in [0.1, 0.15) is 25.2 Å². The van der Waals surface area contributed by atoms with Crippen molar-refractivity contribution in [3.05, 3.63) is 84.7 Å². The number of benzene rings is 2. The second kappa shape index (κ2) is 8.41. The summed E-state index contributed by atoms with van der Waals surface area (Å²) in [6.07, 6.45) is 5.84. The highest BCUT2D eigenvalue weighted by Gasteiger charge is 2.31. The maximum atomic E-state index is 13.7. The van der Waals surface area contributed by atoms with Gasteiger partial charge < -0.3 is 14.5 Å². The summed E-state index contributed by atoms with van der Waals surface area (Å²) in [6.45, 7) is 3.61. The van der Waals surface area contributed by atoms with Gasteiger partial charge >= 0.3 is 0 Å². The smallest absolute Gasteiger partial charge is 0.223 e. The molecule has 0 saturated carbocycles. The van der Waals surface area contributed by atoms with E-state index in [-0.39, 0.29) is 11.9 Å². The Morgan fingerprint density at radius 2 is 1.88 bits per heavy atom. The molecule has 0 spiro atoms. The van der Waals surface area contributed by atoms with Gasteiger partial charge in [-0.3, -0.25) is 0 Å². The number of nitrogens with zero attached hydrogens (tertiary/aromatic N) is 5. The van der Waals surface area contributed by atoms with Gasteiger partial charge in [0.15, 0.2) is 0 Å². The molecule has 6 rings (SSSR count). The predicted molar refractivity (Wildman–Crippen MR) is 132 cm³/mol. The van der Waals surface area contributed by atoms with Crippen molar-refractivity contribution in [1.82, 2.24) is 24.1 Å². The molecule has 0 amide bonds. The number of imidazole rings is 1. The number of halogens is 1.